The number of nitrogens with zero attached hydrogens (tertiary/aromatic N) is 1. The van der Waals surface area contributed by atoms with Crippen LogP contribution in [0.5, 0.6) is 0 Å². The smallest absolute Gasteiger partial charge is 0.0527 e. The van der Waals surface area contributed by atoms with Crippen molar-refractivity contribution in [3.63, 3.8) is 0 Å². The van der Waals surface area contributed by atoms with Crippen molar-refractivity contribution in [1.82, 2.24) is 9.88 Å². The molecule has 2 nitrogen and oxygen atoms in total. The number of nitrogens with one attached hydrogen (secondary N) is 1. The lowest BCUT2D eigenvalue weighted by atomic mass is 10.2. The summed E-state index contributed by atoms with van der Waals surface area (Å²) in [5.74, 6) is 0. The van der Waals surface area contributed by atoms with Crippen LogP contribution in [0.25, 0.3) is 0 Å². The zero-order valence-corrected chi connectivity index (χ0v) is 12.0. The normalized spacial score (nSPS) is 11.3. The van der Waals surface area contributed by atoms with Crippen LogP contribution in [0.2, 0.25) is 0 Å². The summed E-state index contributed by atoms with van der Waals surface area (Å²) in [5.41, 5.74) is 2.48. The number of hydrogen-bond acceptors (Lipinski definition) is 1. The highest BCUT2D eigenvalue weighted by atomic mass is 79.9. The summed E-state index contributed by atoms with van der Waals surface area (Å²) in [4.78, 5) is 5.58. The van der Waals surface area contributed by atoms with Crippen LogP contribution in [-0.2, 0) is 6.42 Å². The zero-order chi connectivity index (χ0) is 10.7. The first kappa shape index (κ1) is 12.3. The first-order valence-corrected chi connectivity index (χ1v) is 6.28. The van der Waals surface area contributed by atoms with Crippen LogP contribution < -0.4 is 0 Å². The standard InChI is InChI=1S/C10H16Br2N2/c1-7-9(11)10(12)8(13-7)5-4-6-14(2)3/h13H,4-6H2,1-3H3. The number of rotatable bonds is 4. The molecule has 0 saturated heterocycles. The molecule has 1 aromatic rings. The highest BCUT2D eigenvalue weighted by Gasteiger charge is 2.09. The third-order valence-electron chi connectivity index (χ3n) is 2.16. The Kier molecular flexibility index (Phi) is 4.67. The molecule has 1 N–H and O–H groups in total. The Morgan fingerprint density at radius 2 is 1.86 bits per heavy atom. The fourth-order valence-corrected chi connectivity index (χ4v) is 2.31. The van der Waals surface area contributed by atoms with Gasteiger partial charge in [0.2, 0.25) is 0 Å². The maximum atomic E-state index is 3.58. The Balaban J connectivity index is 2.55. The van der Waals surface area contributed by atoms with Crippen LogP contribution in [0.4, 0.5) is 0 Å². The summed E-state index contributed by atoms with van der Waals surface area (Å²) in [5, 5.41) is 0. The molecular formula is C10H16Br2N2. The molecule has 4 heteroatoms. The molecule has 0 aliphatic heterocycles. The van der Waals surface area contributed by atoms with Gasteiger partial charge in [-0.15, -0.1) is 0 Å². The Labute approximate surface area is 102 Å². The Morgan fingerprint density at radius 1 is 1.21 bits per heavy atom. The lowest BCUT2D eigenvalue weighted by Crippen LogP contribution is -2.13. The van der Waals surface area contributed by atoms with E-state index in [0.717, 1.165) is 17.4 Å². The fraction of sp³-hybridized carbons (Fsp3) is 0.600. The van der Waals surface area contributed by atoms with Crippen LogP contribution in [0.1, 0.15) is 17.8 Å². The van der Waals surface area contributed by atoms with Crippen LogP contribution >= 0.6 is 31.9 Å². The number of hydrogen-bond donors (Lipinski definition) is 1. The minimum absolute atomic E-state index is 1.09. The van der Waals surface area contributed by atoms with Crippen molar-refractivity contribution in [3.8, 4) is 0 Å². The predicted octanol–water partition coefficient (Wildman–Crippen LogP) is 3.34. The van der Waals surface area contributed by atoms with Crippen LogP contribution in [0.15, 0.2) is 8.95 Å². The molecule has 1 rings (SSSR count). The average molecular weight is 324 g/mol. The first-order chi connectivity index (χ1) is 6.52. The third kappa shape index (κ3) is 3.11. The fourth-order valence-electron chi connectivity index (χ4n) is 1.38. The summed E-state index contributed by atoms with van der Waals surface area (Å²) in [6.45, 7) is 3.20. The molecule has 0 aliphatic rings. The summed E-state index contributed by atoms with van der Waals surface area (Å²) in [6, 6.07) is 0. The minimum atomic E-state index is 1.09. The van der Waals surface area contributed by atoms with Gasteiger partial charge < -0.3 is 9.88 Å². The molecule has 80 valence electrons. The van der Waals surface area contributed by atoms with Crippen LogP contribution in [0, 0.1) is 6.92 Å². The van der Waals surface area contributed by atoms with Gasteiger partial charge in [0, 0.05) is 11.4 Å². The number of H-pyrrole nitrogens is 1. The summed E-state index contributed by atoms with van der Waals surface area (Å²) < 4.78 is 2.33. The highest BCUT2D eigenvalue weighted by molar-refractivity contribution is 9.13. The summed E-state index contributed by atoms with van der Waals surface area (Å²) in [6.07, 6.45) is 2.27. The maximum absolute atomic E-state index is 3.58. The second-order valence-corrected chi connectivity index (χ2v) is 5.35. The number of aromatic amines is 1. The van der Waals surface area contributed by atoms with E-state index in [-0.39, 0.29) is 0 Å². The highest BCUT2D eigenvalue weighted by Crippen LogP contribution is 2.30. The van der Waals surface area contributed by atoms with Gasteiger partial charge >= 0.3 is 0 Å². The quantitative estimate of drug-likeness (QED) is 0.900. The predicted molar refractivity (Wildman–Crippen MR) is 67.8 cm³/mol. The second kappa shape index (κ2) is 5.33. The largest absolute Gasteiger partial charge is 0.361 e. The minimum Gasteiger partial charge on any atom is -0.361 e. The van der Waals surface area contributed by atoms with E-state index in [0.29, 0.717) is 0 Å². The van der Waals surface area contributed by atoms with Gasteiger partial charge in [0.15, 0.2) is 0 Å². The first-order valence-electron chi connectivity index (χ1n) is 4.69. The molecule has 0 bridgehead atoms. The van der Waals surface area contributed by atoms with E-state index in [2.05, 4.69) is 62.8 Å². The van der Waals surface area contributed by atoms with Crippen molar-refractivity contribution in [3.05, 3.63) is 20.3 Å². The van der Waals surface area contributed by atoms with E-state index in [9.17, 15) is 0 Å². The SMILES string of the molecule is Cc1[nH]c(CCCN(C)C)c(Br)c1Br. The Bertz CT molecular complexity index is 305. The van der Waals surface area contributed by atoms with Gasteiger partial charge in [0.25, 0.3) is 0 Å². The molecule has 0 fully saturated rings. The molecule has 1 heterocycles. The van der Waals surface area contributed by atoms with Gasteiger partial charge in [0.05, 0.1) is 8.95 Å². The van der Waals surface area contributed by atoms with E-state index >= 15 is 0 Å². The molecule has 0 aliphatic carbocycles. The van der Waals surface area contributed by atoms with Gasteiger partial charge in [-0.05, 0) is 72.3 Å². The average Bonchev–Trinajstić information content (AvgIpc) is 2.33. The van der Waals surface area contributed by atoms with E-state index in [4.69, 9.17) is 0 Å². The zero-order valence-electron chi connectivity index (χ0n) is 8.82. The number of aromatic nitrogens is 1. The molecule has 0 unspecified atom stereocenters. The van der Waals surface area contributed by atoms with E-state index in [1.54, 1.807) is 0 Å². The van der Waals surface area contributed by atoms with Crippen molar-refractivity contribution < 1.29 is 0 Å². The monoisotopic (exact) mass is 322 g/mol. The Hall–Kier alpha value is 0.200. The van der Waals surface area contributed by atoms with Gasteiger partial charge in [-0.2, -0.15) is 0 Å². The number of aryl methyl sites for hydroxylation is 2. The topological polar surface area (TPSA) is 19.0 Å². The van der Waals surface area contributed by atoms with Gasteiger partial charge in [0.1, 0.15) is 0 Å². The van der Waals surface area contributed by atoms with Gasteiger partial charge in [-0.3, -0.25) is 0 Å². The van der Waals surface area contributed by atoms with Crippen molar-refractivity contribution >= 4 is 31.9 Å². The summed E-state index contributed by atoms with van der Waals surface area (Å²) >= 11 is 7.11. The molecule has 0 aromatic carbocycles. The molecule has 0 atom stereocenters. The summed E-state index contributed by atoms with van der Waals surface area (Å²) in [7, 11) is 4.20. The number of halogens is 2. The van der Waals surface area contributed by atoms with Gasteiger partial charge in [-0.1, -0.05) is 0 Å². The van der Waals surface area contributed by atoms with Crippen molar-refractivity contribution in [2.24, 2.45) is 0 Å². The molecule has 0 saturated carbocycles. The van der Waals surface area contributed by atoms with E-state index in [1.165, 1.54) is 22.3 Å². The van der Waals surface area contributed by atoms with Crippen LogP contribution in [-0.4, -0.2) is 30.5 Å². The molecule has 0 spiro atoms. The van der Waals surface area contributed by atoms with E-state index < -0.39 is 0 Å². The van der Waals surface area contributed by atoms with E-state index in [1.807, 2.05) is 0 Å². The lowest BCUT2D eigenvalue weighted by Gasteiger charge is -2.08. The maximum Gasteiger partial charge on any atom is 0.0527 e. The molecule has 0 amide bonds. The lowest BCUT2D eigenvalue weighted by molar-refractivity contribution is 0.399. The van der Waals surface area contributed by atoms with Crippen molar-refractivity contribution in [1.29, 1.82) is 0 Å². The van der Waals surface area contributed by atoms with Gasteiger partial charge in [-0.25, -0.2) is 0 Å². The molecule has 14 heavy (non-hydrogen) atoms. The molecule has 0 radical (unpaired) electrons. The third-order valence-corrected chi connectivity index (χ3v) is 4.56. The second-order valence-electron chi connectivity index (χ2n) is 3.76. The van der Waals surface area contributed by atoms with Crippen LogP contribution in [0.3, 0.4) is 0 Å². The van der Waals surface area contributed by atoms with Crippen molar-refractivity contribution in [2.75, 3.05) is 20.6 Å². The molecular weight excluding hydrogens is 308 g/mol. The van der Waals surface area contributed by atoms with Crippen molar-refractivity contribution in [2.45, 2.75) is 19.8 Å². The Morgan fingerprint density at radius 3 is 2.29 bits per heavy atom. The molecule has 1 aromatic heterocycles.